The first kappa shape index (κ1) is 14.1. The van der Waals surface area contributed by atoms with Gasteiger partial charge in [0.25, 0.3) is 0 Å². The van der Waals surface area contributed by atoms with E-state index in [0.717, 1.165) is 12.2 Å². The van der Waals surface area contributed by atoms with E-state index in [1.165, 1.54) is 11.1 Å². The molecule has 0 saturated carbocycles. The summed E-state index contributed by atoms with van der Waals surface area (Å²) in [5, 5.41) is 0. The Bertz CT molecular complexity index is 508. The lowest BCUT2D eigenvalue weighted by Crippen LogP contribution is -2.06. The summed E-state index contributed by atoms with van der Waals surface area (Å²) >= 11 is 3.77. The molecule has 0 spiro atoms. The van der Waals surface area contributed by atoms with Gasteiger partial charge in [-0.15, -0.1) is 0 Å². The number of halogens is 1. The van der Waals surface area contributed by atoms with E-state index in [1.54, 1.807) is 0 Å². The van der Waals surface area contributed by atoms with Crippen LogP contribution >= 0.6 is 15.9 Å². The fraction of sp³-hybridized carbons (Fsp3) is 0.294. The van der Waals surface area contributed by atoms with Crippen molar-refractivity contribution in [2.24, 2.45) is 0 Å². The Balaban J connectivity index is 2.08. The van der Waals surface area contributed by atoms with Gasteiger partial charge in [-0.25, -0.2) is 0 Å². The third kappa shape index (κ3) is 4.39. The molecule has 0 heterocycles. The van der Waals surface area contributed by atoms with Gasteiger partial charge in [-0.3, -0.25) is 0 Å². The molecule has 2 aromatic rings. The molecule has 0 fully saturated rings. The summed E-state index contributed by atoms with van der Waals surface area (Å²) in [4.78, 5) is 0.311. The second kappa shape index (κ2) is 6.76. The molecule has 0 radical (unpaired) electrons. The lowest BCUT2D eigenvalue weighted by Gasteiger charge is -2.14. The summed E-state index contributed by atoms with van der Waals surface area (Å²) in [6.07, 6.45) is 1.18. The van der Waals surface area contributed by atoms with Gasteiger partial charge in [-0.2, -0.15) is 0 Å². The van der Waals surface area contributed by atoms with Crippen LogP contribution in [0.5, 0.6) is 5.75 Å². The first-order chi connectivity index (χ1) is 9.15. The highest BCUT2D eigenvalue weighted by Crippen LogP contribution is 2.29. The van der Waals surface area contributed by atoms with Crippen molar-refractivity contribution in [1.29, 1.82) is 0 Å². The molecule has 19 heavy (non-hydrogen) atoms. The molecule has 1 atom stereocenters. The maximum absolute atomic E-state index is 5.73. The molecule has 2 rings (SSSR count). The number of ether oxygens (including phenoxy) is 1. The van der Waals surface area contributed by atoms with E-state index in [4.69, 9.17) is 4.74 Å². The summed E-state index contributed by atoms with van der Waals surface area (Å²) in [5.41, 5.74) is 2.58. The predicted octanol–water partition coefficient (Wildman–Crippen LogP) is 5.15. The molecule has 0 aromatic heterocycles. The summed E-state index contributed by atoms with van der Waals surface area (Å²) in [6.45, 7) is 4.09. The third-order valence-electron chi connectivity index (χ3n) is 2.85. The molecular weight excluding hydrogens is 300 g/mol. The van der Waals surface area contributed by atoms with Crippen molar-refractivity contribution >= 4 is 15.9 Å². The maximum atomic E-state index is 5.73. The standard InChI is InChI=1S/C17H19BrO/c1-13(2)19-16-10-6-9-15(12-16)17(18)11-14-7-4-3-5-8-14/h3-10,12-13,17H,11H2,1-2H3. The van der Waals surface area contributed by atoms with Gasteiger partial charge < -0.3 is 4.74 Å². The normalized spacial score (nSPS) is 12.4. The van der Waals surface area contributed by atoms with Crippen LogP contribution in [0.4, 0.5) is 0 Å². The van der Waals surface area contributed by atoms with E-state index in [-0.39, 0.29) is 6.10 Å². The molecule has 0 N–H and O–H groups in total. The van der Waals surface area contributed by atoms with Crippen molar-refractivity contribution in [3.63, 3.8) is 0 Å². The Morgan fingerprint density at radius 1 is 1.00 bits per heavy atom. The number of hydrogen-bond acceptors (Lipinski definition) is 1. The molecule has 2 aromatic carbocycles. The predicted molar refractivity (Wildman–Crippen MR) is 84.0 cm³/mol. The van der Waals surface area contributed by atoms with Crippen molar-refractivity contribution in [3.05, 3.63) is 65.7 Å². The average Bonchev–Trinajstić information content (AvgIpc) is 2.39. The molecular formula is C17H19BrO. The quantitative estimate of drug-likeness (QED) is 0.692. The number of rotatable bonds is 5. The van der Waals surface area contributed by atoms with Crippen LogP contribution in [0, 0.1) is 0 Å². The van der Waals surface area contributed by atoms with Crippen molar-refractivity contribution < 1.29 is 4.74 Å². The SMILES string of the molecule is CC(C)Oc1cccc(C(Br)Cc2ccccc2)c1. The van der Waals surface area contributed by atoms with Crippen LogP contribution in [0.1, 0.15) is 29.8 Å². The van der Waals surface area contributed by atoms with E-state index in [9.17, 15) is 0 Å². The molecule has 0 aliphatic carbocycles. The highest BCUT2D eigenvalue weighted by molar-refractivity contribution is 9.09. The van der Waals surface area contributed by atoms with Crippen molar-refractivity contribution in [2.75, 3.05) is 0 Å². The zero-order valence-electron chi connectivity index (χ0n) is 11.3. The van der Waals surface area contributed by atoms with Crippen molar-refractivity contribution in [3.8, 4) is 5.75 Å². The van der Waals surface area contributed by atoms with E-state index in [1.807, 2.05) is 32.0 Å². The first-order valence-electron chi connectivity index (χ1n) is 6.60. The smallest absolute Gasteiger partial charge is 0.119 e. The minimum Gasteiger partial charge on any atom is -0.491 e. The molecule has 1 unspecified atom stereocenters. The van der Waals surface area contributed by atoms with Gasteiger partial charge >= 0.3 is 0 Å². The fourth-order valence-electron chi connectivity index (χ4n) is 1.99. The molecule has 1 nitrogen and oxygen atoms in total. The molecule has 0 bridgehead atoms. The van der Waals surface area contributed by atoms with Gasteiger partial charge in [0.05, 0.1) is 6.10 Å². The average molecular weight is 319 g/mol. The largest absolute Gasteiger partial charge is 0.491 e. The van der Waals surface area contributed by atoms with E-state index < -0.39 is 0 Å². The fourth-order valence-corrected chi connectivity index (χ4v) is 2.65. The van der Waals surface area contributed by atoms with Crippen LogP contribution < -0.4 is 4.74 Å². The second-order valence-corrected chi connectivity index (χ2v) is 6.00. The second-order valence-electron chi connectivity index (χ2n) is 4.90. The van der Waals surface area contributed by atoms with Crippen LogP contribution in [0.2, 0.25) is 0 Å². The molecule has 2 heteroatoms. The minimum absolute atomic E-state index is 0.207. The lowest BCUT2D eigenvalue weighted by atomic mass is 10.0. The van der Waals surface area contributed by atoms with Crippen molar-refractivity contribution in [2.45, 2.75) is 31.2 Å². The summed E-state index contributed by atoms with van der Waals surface area (Å²) in [6, 6.07) is 18.8. The van der Waals surface area contributed by atoms with Crippen LogP contribution in [0.3, 0.4) is 0 Å². The zero-order valence-corrected chi connectivity index (χ0v) is 12.9. The van der Waals surface area contributed by atoms with Crippen LogP contribution in [-0.4, -0.2) is 6.10 Å². The van der Waals surface area contributed by atoms with E-state index >= 15 is 0 Å². The van der Waals surface area contributed by atoms with Crippen molar-refractivity contribution in [1.82, 2.24) is 0 Å². The van der Waals surface area contributed by atoms with Crippen LogP contribution in [0.15, 0.2) is 54.6 Å². The Kier molecular flexibility index (Phi) is 5.03. The van der Waals surface area contributed by atoms with E-state index in [2.05, 4.69) is 52.3 Å². The molecule has 0 saturated heterocycles. The monoisotopic (exact) mass is 318 g/mol. The van der Waals surface area contributed by atoms with Gasteiger partial charge in [-0.1, -0.05) is 58.4 Å². The Morgan fingerprint density at radius 3 is 2.42 bits per heavy atom. The minimum atomic E-state index is 0.207. The molecule has 0 aliphatic rings. The first-order valence-corrected chi connectivity index (χ1v) is 7.51. The van der Waals surface area contributed by atoms with Crippen LogP contribution in [-0.2, 0) is 6.42 Å². The summed E-state index contributed by atoms with van der Waals surface area (Å²) in [7, 11) is 0. The van der Waals surface area contributed by atoms with E-state index in [0.29, 0.717) is 4.83 Å². The van der Waals surface area contributed by atoms with Gasteiger partial charge in [0.1, 0.15) is 5.75 Å². The van der Waals surface area contributed by atoms with Crippen LogP contribution in [0.25, 0.3) is 0 Å². The summed E-state index contributed by atoms with van der Waals surface area (Å²) < 4.78 is 5.73. The number of hydrogen-bond donors (Lipinski definition) is 0. The van der Waals surface area contributed by atoms with Gasteiger partial charge in [-0.05, 0) is 43.5 Å². The number of alkyl halides is 1. The molecule has 100 valence electrons. The third-order valence-corrected chi connectivity index (χ3v) is 3.70. The highest BCUT2D eigenvalue weighted by Gasteiger charge is 2.09. The lowest BCUT2D eigenvalue weighted by molar-refractivity contribution is 0.242. The maximum Gasteiger partial charge on any atom is 0.119 e. The van der Waals surface area contributed by atoms with Gasteiger partial charge in [0.15, 0.2) is 0 Å². The number of benzene rings is 2. The van der Waals surface area contributed by atoms with Gasteiger partial charge in [0.2, 0.25) is 0 Å². The highest BCUT2D eigenvalue weighted by atomic mass is 79.9. The topological polar surface area (TPSA) is 9.23 Å². The molecule has 0 aliphatic heterocycles. The Labute approximate surface area is 123 Å². The summed E-state index contributed by atoms with van der Waals surface area (Å²) in [5.74, 6) is 0.935. The Morgan fingerprint density at radius 2 is 1.74 bits per heavy atom. The Hall–Kier alpha value is -1.28. The van der Waals surface area contributed by atoms with Gasteiger partial charge in [0, 0.05) is 4.83 Å². The molecule has 0 amide bonds. The zero-order chi connectivity index (χ0) is 13.7.